The molecule has 0 unspecified atom stereocenters. The van der Waals surface area contributed by atoms with Gasteiger partial charge in [0.2, 0.25) is 5.91 Å². The van der Waals surface area contributed by atoms with Crippen molar-refractivity contribution in [2.45, 2.75) is 12.8 Å². The van der Waals surface area contributed by atoms with Gasteiger partial charge in [-0.2, -0.15) is 0 Å². The molecule has 0 radical (unpaired) electrons. The van der Waals surface area contributed by atoms with Crippen molar-refractivity contribution in [3.8, 4) is 0 Å². The molecule has 4 nitrogen and oxygen atoms in total. The van der Waals surface area contributed by atoms with E-state index in [2.05, 4.69) is 15.9 Å². The Bertz CT molecular complexity index is 487. The summed E-state index contributed by atoms with van der Waals surface area (Å²) in [6.45, 7) is 0. The van der Waals surface area contributed by atoms with Gasteiger partial charge >= 0.3 is 0 Å². The number of hydrogen-bond acceptors (Lipinski definition) is 2. The van der Waals surface area contributed by atoms with Gasteiger partial charge in [0.25, 0.3) is 4.82 Å². The van der Waals surface area contributed by atoms with Crippen LogP contribution in [-0.4, -0.2) is 24.8 Å². The van der Waals surface area contributed by atoms with Crippen molar-refractivity contribution in [1.82, 2.24) is 0 Å². The molecular formula is C12H13BrN2O2. The van der Waals surface area contributed by atoms with E-state index in [9.17, 15) is 9.59 Å². The summed E-state index contributed by atoms with van der Waals surface area (Å²) in [5.41, 5.74) is 2.86. The molecule has 0 N–H and O–H groups in total. The smallest absolute Gasteiger partial charge is 0.293 e. The summed E-state index contributed by atoms with van der Waals surface area (Å²) in [6, 6.07) is 5.68. The lowest BCUT2D eigenvalue weighted by atomic mass is 10.0. The van der Waals surface area contributed by atoms with Crippen molar-refractivity contribution in [2.75, 3.05) is 23.9 Å². The number of halogens is 1. The molecular weight excluding hydrogens is 284 g/mol. The molecule has 0 atom stereocenters. The highest BCUT2D eigenvalue weighted by Crippen LogP contribution is 2.30. The van der Waals surface area contributed by atoms with E-state index in [1.54, 1.807) is 19.0 Å². The molecule has 0 aliphatic carbocycles. The van der Waals surface area contributed by atoms with Crippen LogP contribution in [0.25, 0.3) is 0 Å². The lowest BCUT2D eigenvalue weighted by Gasteiger charge is -2.27. The van der Waals surface area contributed by atoms with Crippen LogP contribution in [0.15, 0.2) is 18.2 Å². The highest BCUT2D eigenvalue weighted by atomic mass is 79.9. The lowest BCUT2D eigenvalue weighted by molar-refractivity contribution is -0.118. The number of fused-ring (bicyclic) bond motifs is 1. The number of amides is 2. The molecule has 2 rings (SSSR count). The predicted molar refractivity (Wildman–Crippen MR) is 70.9 cm³/mol. The van der Waals surface area contributed by atoms with Crippen LogP contribution in [-0.2, 0) is 11.2 Å². The second-order valence-corrected chi connectivity index (χ2v) is 4.76. The first-order valence-electron chi connectivity index (χ1n) is 5.33. The van der Waals surface area contributed by atoms with Crippen LogP contribution in [0.5, 0.6) is 0 Å². The van der Waals surface area contributed by atoms with Gasteiger partial charge in [-0.3, -0.25) is 9.59 Å². The van der Waals surface area contributed by atoms with Gasteiger partial charge in [-0.05, 0) is 30.2 Å². The maximum Gasteiger partial charge on any atom is 0.293 e. The highest BCUT2D eigenvalue weighted by molar-refractivity contribution is 9.18. The minimum absolute atomic E-state index is 0.134. The zero-order chi connectivity index (χ0) is 12.6. The van der Waals surface area contributed by atoms with E-state index in [1.165, 1.54) is 4.90 Å². The summed E-state index contributed by atoms with van der Waals surface area (Å²) in [5, 5.41) is 0. The van der Waals surface area contributed by atoms with Crippen LogP contribution < -0.4 is 9.80 Å². The van der Waals surface area contributed by atoms with Crippen molar-refractivity contribution in [1.29, 1.82) is 0 Å². The SMILES string of the molecule is CN(C(=O)Br)c1ccc2c(c1)CCC(=O)N2C. The van der Waals surface area contributed by atoms with Crippen LogP contribution in [0.1, 0.15) is 12.0 Å². The molecule has 2 amide bonds. The summed E-state index contributed by atoms with van der Waals surface area (Å²) in [7, 11) is 3.48. The van der Waals surface area contributed by atoms with E-state index in [1.807, 2.05) is 18.2 Å². The number of nitrogens with zero attached hydrogens (tertiary/aromatic N) is 2. The zero-order valence-corrected chi connectivity index (χ0v) is 11.3. The average molecular weight is 297 g/mol. The monoisotopic (exact) mass is 296 g/mol. The Labute approximate surface area is 108 Å². The molecule has 1 aromatic carbocycles. The zero-order valence-electron chi connectivity index (χ0n) is 9.74. The summed E-state index contributed by atoms with van der Waals surface area (Å²) < 4.78 is 0. The molecule has 0 spiro atoms. The van der Waals surface area contributed by atoms with E-state index in [0.717, 1.165) is 23.4 Å². The van der Waals surface area contributed by atoms with E-state index < -0.39 is 0 Å². The topological polar surface area (TPSA) is 40.6 Å². The first-order valence-corrected chi connectivity index (χ1v) is 6.12. The number of aryl methyl sites for hydroxylation is 1. The van der Waals surface area contributed by atoms with Crippen molar-refractivity contribution in [3.05, 3.63) is 23.8 Å². The molecule has 1 aromatic rings. The molecule has 0 bridgehead atoms. The second kappa shape index (κ2) is 4.49. The quantitative estimate of drug-likeness (QED) is 0.590. The van der Waals surface area contributed by atoms with E-state index in [4.69, 9.17) is 0 Å². The van der Waals surface area contributed by atoms with E-state index in [-0.39, 0.29) is 10.7 Å². The van der Waals surface area contributed by atoms with Gasteiger partial charge in [-0.15, -0.1) is 0 Å². The Morgan fingerprint density at radius 2 is 2.12 bits per heavy atom. The normalized spacial score (nSPS) is 14.5. The Morgan fingerprint density at radius 3 is 2.76 bits per heavy atom. The van der Waals surface area contributed by atoms with Crippen molar-refractivity contribution in [3.63, 3.8) is 0 Å². The molecule has 90 valence electrons. The Morgan fingerprint density at radius 1 is 1.41 bits per heavy atom. The predicted octanol–water partition coefficient (Wildman–Crippen LogP) is 2.55. The fourth-order valence-corrected chi connectivity index (χ4v) is 2.16. The van der Waals surface area contributed by atoms with Crippen LogP contribution in [0.3, 0.4) is 0 Å². The van der Waals surface area contributed by atoms with Crippen LogP contribution in [0, 0.1) is 0 Å². The van der Waals surface area contributed by atoms with Gasteiger partial charge in [-0.25, -0.2) is 0 Å². The Balaban J connectivity index is 2.39. The fourth-order valence-electron chi connectivity index (χ4n) is 1.95. The van der Waals surface area contributed by atoms with Crippen LogP contribution >= 0.6 is 15.9 Å². The maximum atomic E-state index is 11.5. The van der Waals surface area contributed by atoms with Gasteiger partial charge in [0.1, 0.15) is 0 Å². The van der Waals surface area contributed by atoms with E-state index >= 15 is 0 Å². The molecule has 1 heterocycles. The molecule has 0 aromatic heterocycles. The molecule has 17 heavy (non-hydrogen) atoms. The highest BCUT2D eigenvalue weighted by Gasteiger charge is 2.21. The van der Waals surface area contributed by atoms with Crippen LogP contribution in [0.4, 0.5) is 16.2 Å². The molecule has 5 heteroatoms. The number of anilines is 2. The summed E-state index contributed by atoms with van der Waals surface area (Å²) >= 11 is 2.92. The summed E-state index contributed by atoms with van der Waals surface area (Å²) in [6.07, 6.45) is 1.26. The van der Waals surface area contributed by atoms with Gasteiger partial charge in [0.15, 0.2) is 0 Å². The molecule has 0 fully saturated rings. The van der Waals surface area contributed by atoms with Gasteiger partial charge in [-0.1, -0.05) is 0 Å². The third kappa shape index (κ3) is 2.20. The third-order valence-corrected chi connectivity index (χ3v) is 3.59. The third-order valence-electron chi connectivity index (χ3n) is 3.06. The van der Waals surface area contributed by atoms with Crippen molar-refractivity contribution >= 4 is 38.0 Å². The second-order valence-electron chi connectivity index (χ2n) is 4.08. The summed E-state index contributed by atoms with van der Waals surface area (Å²) in [5.74, 6) is 0.134. The number of carbonyl (C=O) groups excluding carboxylic acids is 2. The first kappa shape index (κ1) is 12.1. The standard InChI is InChI=1S/C12H13BrN2O2/c1-14(12(13)17)9-4-5-10-8(7-9)3-6-11(16)15(10)2/h4-5,7H,3,6H2,1-2H3. The molecule has 0 saturated carbocycles. The van der Waals surface area contributed by atoms with Gasteiger partial charge in [0.05, 0.1) is 0 Å². The average Bonchev–Trinajstić information content (AvgIpc) is 2.32. The largest absolute Gasteiger partial charge is 0.315 e. The van der Waals surface area contributed by atoms with Gasteiger partial charge < -0.3 is 9.80 Å². The first-order chi connectivity index (χ1) is 8.00. The Hall–Kier alpha value is -1.36. The Kier molecular flexibility index (Phi) is 3.19. The van der Waals surface area contributed by atoms with Crippen LogP contribution in [0.2, 0.25) is 0 Å². The minimum atomic E-state index is -0.183. The number of rotatable bonds is 1. The molecule has 0 saturated heterocycles. The number of hydrogen-bond donors (Lipinski definition) is 0. The molecule has 1 aliphatic heterocycles. The number of benzene rings is 1. The van der Waals surface area contributed by atoms with E-state index in [0.29, 0.717) is 6.42 Å². The minimum Gasteiger partial charge on any atom is -0.315 e. The lowest BCUT2D eigenvalue weighted by Crippen LogP contribution is -2.31. The number of carbonyl (C=O) groups is 2. The van der Waals surface area contributed by atoms with Gasteiger partial charge in [0, 0.05) is 47.8 Å². The molecule has 1 aliphatic rings. The summed E-state index contributed by atoms with van der Waals surface area (Å²) in [4.78, 5) is 25.8. The fraction of sp³-hybridized carbons (Fsp3) is 0.333. The van der Waals surface area contributed by atoms with Crippen molar-refractivity contribution in [2.24, 2.45) is 0 Å². The maximum absolute atomic E-state index is 11.5. The van der Waals surface area contributed by atoms with Crippen molar-refractivity contribution < 1.29 is 9.59 Å².